The smallest absolute Gasteiger partial charge is 0.304 e. The zero-order valence-corrected chi connectivity index (χ0v) is 24.4. The van der Waals surface area contributed by atoms with Crippen LogP contribution < -0.4 is 4.87 Å². The Morgan fingerprint density at radius 2 is 1.93 bits per heavy atom. The van der Waals surface area contributed by atoms with E-state index >= 15 is 0 Å². The molecule has 0 amide bonds. The molecule has 1 fully saturated rings. The lowest BCUT2D eigenvalue weighted by molar-refractivity contribution is -0.212. The number of aromatic nitrogens is 4. The van der Waals surface area contributed by atoms with Gasteiger partial charge in [0, 0.05) is 35.5 Å². The van der Waals surface area contributed by atoms with E-state index in [0.717, 1.165) is 11.3 Å². The van der Waals surface area contributed by atoms with Crippen LogP contribution in [0.4, 0.5) is 0 Å². The average molecular weight is 653 g/mol. The maximum atomic E-state index is 12.3. The van der Waals surface area contributed by atoms with Crippen LogP contribution in [0.3, 0.4) is 0 Å². The summed E-state index contributed by atoms with van der Waals surface area (Å²) < 4.78 is 24.8. The molecule has 16 heteroatoms. The molecular weight excluding hydrogens is 630 g/mol. The van der Waals surface area contributed by atoms with Crippen molar-refractivity contribution >= 4 is 56.9 Å². The van der Waals surface area contributed by atoms with Crippen molar-refractivity contribution in [3.8, 4) is 17.5 Å². The summed E-state index contributed by atoms with van der Waals surface area (Å²) in [7, 11) is 0. The molecule has 1 saturated heterocycles. The molecule has 1 aliphatic heterocycles. The van der Waals surface area contributed by atoms with Crippen LogP contribution in [0.1, 0.15) is 32.4 Å². The molecule has 0 bridgehead atoms. The van der Waals surface area contributed by atoms with Crippen molar-refractivity contribution in [3.05, 3.63) is 49.5 Å². The van der Waals surface area contributed by atoms with Crippen LogP contribution in [-0.4, -0.2) is 68.2 Å². The number of ether oxygens (including phenoxy) is 4. The van der Waals surface area contributed by atoms with Crippen LogP contribution in [-0.2, 0) is 33.3 Å². The number of carbonyl (C=O) groups excluding carboxylic acids is 3. The Hall–Kier alpha value is -3.52. The van der Waals surface area contributed by atoms with E-state index in [1.165, 1.54) is 43.4 Å². The summed E-state index contributed by atoms with van der Waals surface area (Å²) in [6.07, 6.45) is -1.67. The summed E-state index contributed by atoms with van der Waals surface area (Å²) in [5, 5.41) is 19.2. The van der Waals surface area contributed by atoms with Gasteiger partial charge in [0.25, 0.3) is 0 Å². The topological polar surface area (TPSA) is 175 Å². The molecule has 40 heavy (non-hydrogen) atoms. The van der Waals surface area contributed by atoms with E-state index in [2.05, 4.69) is 37.3 Å². The highest BCUT2D eigenvalue weighted by molar-refractivity contribution is 9.10. The Kier molecular flexibility index (Phi) is 9.40. The molecule has 1 N–H and O–H groups in total. The lowest BCUT2D eigenvalue weighted by Crippen LogP contribution is -2.57. The Balaban J connectivity index is 1.80. The highest BCUT2D eigenvalue weighted by Gasteiger charge is 2.52. The fourth-order valence-electron chi connectivity index (χ4n) is 4.02. The van der Waals surface area contributed by atoms with Gasteiger partial charge in [0.05, 0.1) is 17.5 Å². The Morgan fingerprint density at radius 1 is 1.20 bits per heavy atom. The predicted molar refractivity (Wildman–Crippen MR) is 144 cm³/mol. The van der Waals surface area contributed by atoms with E-state index in [9.17, 15) is 24.4 Å². The maximum Gasteiger partial charge on any atom is 0.304 e. The summed E-state index contributed by atoms with van der Waals surface area (Å²) in [6.45, 7) is 3.39. The first-order valence-corrected chi connectivity index (χ1v) is 14.2. The van der Waals surface area contributed by atoms with Crippen LogP contribution >= 0.6 is 39.0 Å². The summed E-state index contributed by atoms with van der Waals surface area (Å²) >= 11 is 5.51. The molecule has 210 valence electrons. The second-order valence-electron chi connectivity index (χ2n) is 8.50. The van der Waals surface area contributed by atoms with E-state index < -0.39 is 47.7 Å². The Morgan fingerprint density at radius 3 is 2.52 bits per heavy atom. The van der Waals surface area contributed by atoms with Gasteiger partial charge in [0.1, 0.15) is 36.0 Å². The average Bonchev–Trinajstić information content (AvgIpc) is 3.53. The lowest BCUT2D eigenvalue weighted by Gasteiger charge is -2.44. The van der Waals surface area contributed by atoms with Crippen molar-refractivity contribution in [2.75, 3.05) is 6.61 Å². The molecule has 3 heterocycles. The van der Waals surface area contributed by atoms with Crippen molar-refractivity contribution in [1.82, 2.24) is 20.0 Å². The standard InChI is InChI=1S/C24H22BrN5O8S2/c1-11(31)35-9-19-21(36-12(2)32)20(30-8-17(28-29-30)18-10-39-24(34)27-18)22(37-13(3)33)23(38-19)40-15-5-4-14(7-26)16(25)6-15/h4-6,8,10,19-23H,9H2,1-3H3,(H,27,34)/t19?,20?,21-,22?,23+/m0/s1. The number of thiazole rings is 1. The summed E-state index contributed by atoms with van der Waals surface area (Å²) in [4.78, 5) is 50.9. The van der Waals surface area contributed by atoms with Crippen LogP contribution in [0.25, 0.3) is 11.4 Å². The van der Waals surface area contributed by atoms with Gasteiger partial charge in [-0.1, -0.05) is 28.3 Å². The zero-order valence-electron chi connectivity index (χ0n) is 21.2. The first-order valence-electron chi connectivity index (χ1n) is 11.6. The van der Waals surface area contributed by atoms with Gasteiger partial charge in [-0.05, 0) is 34.1 Å². The van der Waals surface area contributed by atoms with Gasteiger partial charge in [0.15, 0.2) is 12.2 Å². The number of nitrogens with zero attached hydrogens (tertiary/aromatic N) is 4. The fraction of sp³-hybridized carbons (Fsp3) is 0.375. The fourth-order valence-corrected chi connectivity index (χ4v) is 6.37. The largest absolute Gasteiger partial charge is 0.463 e. The lowest BCUT2D eigenvalue weighted by atomic mass is 9.96. The van der Waals surface area contributed by atoms with E-state index in [4.69, 9.17) is 18.9 Å². The molecule has 1 aromatic carbocycles. The molecule has 2 aromatic heterocycles. The summed E-state index contributed by atoms with van der Waals surface area (Å²) in [6, 6.07) is 6.13. The van der Waals surface area contributed by atoms with Crippen LogP contribution in [0.15, 0.2) is 43.9 Å². The number of benzene rings is 1. The number of halogens is 1. The first-order chi connectivity index (χ1) is 19.0. The minimum absolute atomic E-state index is 0.274. The Labute approximate surface area is 243 Å². The number of hydrogen-bond acceptors (Lipinski definition) is 13. The number of carbonyl (C=O) groups is 3. The Bertz CT molecular complexity index is 1510. The third-order valence-electron chi connectivity index (χ3n) is 5.60. The highest BCUT2D eigenvalue weighted by atomic mass is 79.9. The van der Waals surface area contributed by atoms with Crippen molar-refractivity contribution in [2.45, 2.75) is 55.5 Å². The molecule has 0 radical (unpaired) electrons. The molecule has 0 aliphatic carbocycles. The number of H-pyrrole nitrogens is 1. The van der Waals surface area contributed by atoms with Gasteiger partial charge in [-0.25, -0.2) is 4.68 Å². The first kappa shape index (κ1) is 29.5. The molecule has 0 saturated carbocycles. The van der Waals surface area contributed by atoms with Gasteiger partial charge < -0.3 is 23.9 Å². The number of nitriles is 1. The van der Waals surface area contributed by atoms with E-state index in [0.29, 0.717) is 26.3 Å². The monoisotopic (exact) mass is 651 g/mol. The maximum absolute atomic E-state index is 12.3. The van der Waals surface area contributed by atoms with Gasteiger partial charge in [-0.3, -0.25) is 19.2 Å². The quantitative estimate of drug-likeness (QED) is 0.279. The number of nitrogens with one attached hydrogen (secondary N) is 1. The van der Waals surface area contributed by atoms with Gasteiger partial charge in [0.2, 0.25) is 0 Å². The normalized spacial score (nSPS) is 22.2. The predicted octanol–water partition coefficient (Wildman–Crippen LogP) is 2.81. The van der Waals surface area contributed by atoms with Crippen molar-refractivity contribution in [1.29, 1.82) is 5.26 Å². The zero-order chi connectivity index (χ0) is 29.0. The number of aromatic amines is 1. The minimum Gasteiger partial charge on any atom is -0.463 e. The van der Waals surface area contributed by atoms with E-state index in [1.807, 2.05) is 0 Å². The number of hydrogen-bond donors (Lipinski definition) is 1. The second kappa shape index (κ2) is 12.8. The second-order valence-corrected chi connectivity index (χ2v) is 11.4. The van der Waals surface area contributed by atoms with Gasteiger partial charge >= 0.3 is 22.8 Å². The summed E-state index contributed by atoms with van der Waals surface area (Å²) in [5.41, 5.74) is 0.262. The third kappa shape index (κ3) is 6.97. The molecule has 13 nitrogen and oxygen atoms in total. The van der Waals surface area contributed by atoms with Crippen molar-refractivity contribution in [3.63, 3.8) is 0 Å². The van der Waals surface area contributed by atoms with Crippen LogP contribution in [0, 0.1) is 11.3 Å². The molecule has 3 unspecified atom stereocenters. The molecule has 1 aliphatic rings. The summed E-state index contributed by atoms with van der Waals surface area (Å²) in [5.74, 6) is -1.86. The van der Waals surface area contributed by atoms with E-state index in [1.54, 1.807) is 23.6 Å². The highest BCUT2D eigenvalue weighted by Crippen LogP contribution is 2.42. The van der Waals surface area contributed by atoms with Crippen molar-refractivity contribution in [2.24, 2.45) is 0 Å². The third-order valence-corrected chi connectivity index (χ3v) is 8.06. The number of rotatable bonds is 8. The van der Waals surface area contributed by atoms with E-state index in [-0.39, 0.29) is 11.5 Å². The minimum atomic E-state index is -1.12. The van der Waals surface area contributed by atoms with Gasteiger partial charge in [-0.2, -0.15) is 5.26 Å². The number of esters is 3. The molecular formula is C24H22BrN5O8S2. The SMILES string of the molecule is CC(=O)OCC1O[C@H](Sc2ccc(C#N)c(Br)c2)C(OC(C)=O)C(n2cc(-c3csc(=O)[nH]3)nn2)[C@H]1OC(C)=O. The van der Waals surface area contributed by atoms with Crippen LogP contribution in [0.2, 0.25) is 0 Å². The van der Waals surface area contributed by atoms with Crippen LogP contribution in [0.5, 0.6) is 0 Å². The number of thioether (sulfide) groups is 1. The molecule has 3 aromatic rings. The molecule has 4 rings (SSSR count). The molecule has 0 spiro atoms. The molecule has 5 atom stereocenters. The van der Waals surface area contributed by atoms with Crippen molar-refractivity contribution < 1.29 is 33.3 Å². The van der Waals surface area contributed by atoms with Gasteiger partial charge in [-0.15, -0.1) is 5.10 Å².